The third-order valence-electron chi connectivity index (χ3n) is 4.97. The van der Waals surface area contributed by atoms with Crippen LogP contribution in [0, 0.1) is 0 Å². The van der Waals surface area contributed by atoms with Gasteiger partial charge in [-0.2, -0.15) is 0 Å². The van der Waals surface area contributed by atoms with Crippen molar-refractivity contribution in [3.05, 3.63) is 29.3 Å². The maximum atomic E-state index is 12.0. The van der Waals surface area contributed by atoms with Crippen molar-refractivity contribution < 1.29 is 9.53 Å². The van der Waals surface area contributed by atoms with Crippen molar-refractivity contribution in [1.82, 2.24) is 9.80 Å². The zero-order valence-corrected chi connectivity index (χ0v) is 13.7. The zero-order chi connectivity index (χ0) is 15.5. The summed E-state index contributed by atoms with van der Waals surface area (Å²) in [7, 11) is 1.73. The molecule has 0 spiro atoms. The highest BCUT2D eigenvalue weighted by Crippen LogP contribution is 2.38. The smallest absolute Gasteiger partial charge is 0.222 e. The van der Waals surface area contributed by atoms with Gasteiger partial charge in [0.15, 0.2) is 0 Å². The molecule has 1 fully saturated rings. The number of fused-ring (bicyclic) bond motifs is 1. The highest BCUT2D eigenvalue weighted by molar-refractivity contribution is 5.76. The van der Waals surface area contributed by atoms with Crippen LogP contribution in [0.15, 0.2) is 18.2 Å². The Hall–Kier alpha value is -1.55. The normalized spacial score (nSPS) is 21.7. The highest BCUT2D eigenvalue weighted by Gasteiger charge is 2.31. The molecule has 120 valence electrons. The van der Waals surface area contributed by atoms with Crippen LogP contribution >= 0.6 is 0 Å². The lowest BCUT2D eigenvalue weighted by Crippen LogP contribution is -2.49. The molecule has 0 bridgehead atoms. The van der Waals surface area contributed by atoms with Crippen molar-refractivity contribution in [2.24, 2.45) is 0 Å². The number of ether oxygens (including phenoxy) is 1. The molecule has 1 atom stereocenters. The van der Waals surface area contributed by atoms with Gasteiger partial charge in [0.2, 0.25) is 5.91 Å². The molecule has 22 heavy (non-hydrogen) atoms. The first-order chi connectivity index (χ1) is 10.7. The van der Waals surface area contributed by atoms with E-state index in [0.29, 0.717) is 18.4 Å². The molecule has 0 radical (unpaired) electrons. The molecule has 1 amide bonds. The molecular weight excluding hydrogens is 276 g/mol. The van der Waals surface area contributed by atoms with Gasteiger partial charge in [-0.05, 0) is 42.5 Å². The standard InChI is InChI=1S/C18H26N2O2/c1-3-4-18(21)20-11-9-19(10-12-20)17-8-6-14-5-7-15(22-2)13-16(14)17/h5,7,13,17H,3-4,6,8-12H2,1-2H3/t17-/m1/s1. The number of piperazine rings is 1. The summed E-state index contributed by atoms with van der Waals surface area (Å²) < 4.78 is 5.38. The van der Waals surface area contributed by atoms with Gasteiger partial charge in [0.25, 0.3) is 0 Å². The van der Waals surface area contributed by atoms with Crippen molar-refractivity contribution >= 4 is 5.91 Å². The van der Waals surface area contributed by atoms with Crippen molar-refractivity contribution in [2.75, 3.05) is 33.3 Å². The van der Waals surface area contributed by atoms with Gasteiger partial charge in [0.1, 0.15) is 5.75 Å². The van der Waals surface area contributed by atoms with Gasteiger partial charge in [-0.3, -0.25) is 9.69 Å². The van der Waals surface area contributed by atoms with Gasteiger partial charge >= 0.3 is 0 Å². The molecule has 0 saturated carbocycles. The lowest BCUT2D eigenvalue weighted by atomic mass is 10.1. The molecule has 4 heteroatoms. The van der Waals surface area contributed by atoms with Gasteiger partial charge in [0, 0.05) is 38.6 Å². The van der Waals surface area contributed by atoms with Gasteiger partial charge in [-0.25, -0.2) is 0 Å². The van der Waals surface area contributed by atoms with Gasteiger partial charge in [0.05, 0.1) is 7.11 Å². The number of benzene rings is 1. The van der Waals surface area contributed by atoms with E-state index in [2.05, 4.69) is 30.0 Å². The summed E-state index contributed by atoms with van der Waals surface area (Å²) in [6.07, 6.45) is 3.96. The van der Waals surface area contributed by atoms with Crippen LogP contribution in [0.3, 0.4) is 0 Å². The average Bonchev–Trinajstić information content (AvgIpc) is 2.98. The number of hydrogen-bond donors (Lipinski definition) is 0. The number of hydrogen-bond acceptors (Lipinski definition) is 3. The first kappa shape index (κ1) is 15.3. The summed E-state index contributed by atoms with van der Waals surface area (Å²) in [6, 6.07) is 6.95. The van der Waals surface area contributed by atoms with E-state index in [1.54, 1.807) is 7.11 Å². The molecular formula is C18H26N2O2. The molecule has 1 aromatic carbocycles. The van der Waals surface area contributed by atoms with Crippen LogP contribution in [0.5, 0.6) is 5.75 Å². The highest BCUT2D eigenvalue weighted by atomic mass is 16.5. The third-order valence-corrected chi connectivity index (χ3v) is 4.97. The fraction of sp³-hybridized carbons (Fsp3) is 0.611. The van der Waals surface area contributed by atoms with Crippen LogP contribution in [0.2, 0.25) is 0 Å². The van der Waals surface area contributed by atoms with E-state index < -0.39 is 0 Å². The number of amides is 1. The Labute approximate surface area is 133 Å². The maximum Gasteiger partial charge on any atom is 0.222 e. The minimum Gasteiger partial charge on any atom is -0.497 e. The number of rotatable bonds is 4. The summed E-state index contributed by atoms with van der Waals surface area (Å²) in [5.41, 5.74) is 2.88. The van der Waals surface area contributed by atoms with Crippen molar-refractivity contribution in [2.45, 2.75) is 38.6 Å². The summed E-state index contributed by atoms with van der Waals surface area (Å²) in [4.78, 5) is 16.6. The fourth-order valence-electron chi connectivity index (χ4n) is 3.72. The quantitative estimate of drug-likeness (QED) is 0.857. The van der Waals surface area contributed by atoms with E-state index in [1.807, 2.05) is 4.90 Å². The van der Waals surface area contributed by atoms with Crippen LogP contribution in [-0.4, -0.2) is 49.0 Å². The monoisotopic (exact) mass is 302 g/mol. The van der Waals surface area contributed by atoms with Gasteiger partial charge in [-0.1, -0.05) is 13.0 Å². The number of methoxy groups -OCH3 is 1. The van der Waals surface area contributed by atoms with E-state index in [9.17, 15) is 4.79 Å². The molecule has 1 aromatic rings. The van der Waals surface area contributed by atoms with Crippen LogP contribution in [0.1, 0.15) is 43.4 Å². The lowest BCUT2D eigenvalue weighted by Gasteiger charge is -2.38. The predicted octanol–water partition coefficient (Wildman–Crippen LogP) is 2.63. The topological polar surface area (TPSA) is 32.8 Å². The Kier molecular flexibility index (Phi) is 4.67. The van der Waals surface area contributed by atoms with Crippen LogP contribution < -0.4 is 4.74 Å². The van der Waals surface area contributed by atoms with Gasteiger partial charge in [-0.15, -0.1) is 0 Å². The number of carbonyl (C=O) groups excluding carboxylic acids is 1. The van der Waals surface area contributed by atoms with E-state index in [1.165, 1.54) is 17.5 Å². The Balaban J connectivity index is 1.65. The van der Waals surface area contributed by atoms with Crippen molar-refractivity contribution in [3.8, 4) is 5.75 Å². The van der Waals surface area contributed by atoms with Crippen molar-refractivity contribution in [1.29, 1.82) is 0 Å². The molecule has 0 aromatic heterocycles. The SMILES string of the molecule is CCCC(=O)N1CCN([C@@H]2CCc3ccc(OC)cc32)CC1. The minimum atomic E-state index is 0.315. The Bertz CT molecular complexity index is 536. The molecule has 1 aliphatic heterocycles. The van der Waals surface area contributed by atoms with Crippen LogP contribution in [0.4, 0.5) is 0 Å². The van der Waals surface area contributed by atoms with E-state index >= 15 is 0 Å². The van der Waals surface area contributed by atoms with E-state index in [0.717, 1.165) is 44.8 Å². The second-order valence-electron chi connectivity index (χ2n) is 6.29. The molecule has 1 saturated heterocycles. The van der Waals surface area contributed by atoms with Gasteiger partial charge < -0.3 is 9.64 Å². The lowest BCUT2D eigenvalue weighted by molar-refractivity contribution is -0.133. The summed E-state index contributed by atoms with van der Waals surface area (Å²) in [6.45, 7) is 5.77. The Morgan fingerprint density at radius 2 is 2.05 bits per heavy atom. The van der Waals surface area contributed by atoms with E-state index in [4.69, 9.17) is 4.74 Å². The van der Waals surface area contributed by atoms with Crippen LogP contribution in [0.25, 0.3) is 0 Å². The molecule has 2 aliphatic rings. The summed E-state index contributed by atoms with van der Waals surface area (Å²) in [5.74, 6) is 1.26. The molecule has 1 heterocycles. The van der Waals surface area contributed by atoms with Crippen LogP contribution in [-0.2, 0) is 11.2 Å². The molecule has 0 unspecified atom stereocenters. The average molecular weight is 302 g/mol. The summed E-state index contributed by atoms with van der Waals surface area (Å²) >= 11 is 0. The first-order valence-electron chi connectivity index (χ1n) is 8.41. The van der Waals surface area contributed by atoms with Crippen molar-refractivity contribution in [3.63, 3.8) is 0 Å². The Morgan fingerprint density at radius 3 is 2.73 bits per heavy atom. The molecule has 1 aliphatic carbocycles. The summed E-state index contributed by atoms with van der Waals surface area (Å²) in [5, 5.41) is 0. The second kappa shape index (κ2) is 6.69. The molecule has 3 rings (SSSR count). The minimum absolute atomic E-state index is 0.315. The Morgan fingerprint density at radius 1 is 1.27 bits per heavy atom. The number of aryl methyl sites for hydroxylation is 1. The third kappa shape index (κ3) is 2.98. The number of nitrogens with zero attached hydrogens (tertiary/aromatic N) is 2. The largest absolute Gasteiger partial charge is 0.497 e. The number of carbonyl (C=O) groups is 1. The zero-order valence-electron chi connectivity index (χ0n) is 13.7. The predicted molar refractivity (Wildman–Crippen MR) is 87.1 cm³/mol. The molecule has 4 nitrogen and oxygen atoms in total. The fourth-order valence-corrected chi connectivity index (χ4v) is 3.72. The molecule has 0 N–H and O–H groups in total. The van der Waals surface area contributed by atoms with E-state index in [-0.39, 0.29) is 0 Å². The maximum absolute atomic E-state index is 12.0. The first-order valence-corrected chi connectivity index (χ1v) is 8.41. The second-order valence-corrected chi connectivity index (χ2v) is 6.29.